The van der Waals surface area contributed by atoms with E-state index in [4.69, 9.17) is 27.9 Å². The fourth-order valence-electron chi connectivity index (χ4n) is 2.25. The quantitative estimate of drug-likeness (QED) is 0.547. The molecule has 0 atom stereocenters. The maximum absolute atomic E-state index is 12.0. The number of ether oxygens (including phenoxy) is 1. The Morgan fingerprint density at radius 2 is 1.74 bits per heavy atom. The Hall–Kier alpha value is -2.77. The van der Waals surface area contributed by atoms with Crippen LogP contribution in [0.5, 0.6) is 5.75 Å². The lowest BCUT2D eigenvalue weighted by Crippen LogP contribution is -2.14. The summed E-state index contributed by atoms with van der Waals surface area (Å²) >= 11 is 11.9. The first kappa shape index (κ1) is 19.0. The lowest BCUT2D eigenvalue weighted by Gasteiger charge is -2.09. The van der Waals surface area contributed by atoms with Crippen molar-refractivity contribution in [2.75, 3.05) is 17.3 Å². The molecule has 9 heteroatoms. The highest BCUT2D eigenvalue weighted by Crippen LogP contribution is 2.27. The topological polar surface area (TPSA) is 81.1 Å². The van der Waals surface area contributed by atoms with E-state index in [9.17, 15) is 4.79 Å². The van der Waals surface area contributed by atoms with Crippen LogP contribution in [-0.2, 0) is 4.79 Å². The minimum Gasteiger partial charge on any atom is -0.492 e. The number of benzene rings is 2. The number of aromatic nitrogens is 3. The van der Waals surface area contributed by atoms with Crippen LogP contribution in [0.2, 0.25) is 10.0 Å². The summed E-state index contributed by atoms with van der Waals surface area (Å²) in [6.07, 6.45) is 4.05. The van der Waals surface area contributed by atoms with E-state index in [1.54, 1.807) is 42.7 Å². The molecule has 7 nitrogen and oxygen atoms in total. The van der Waals surface area contributed by atoms with Gasteiger partial charge in [0.1, 0.15) is 5.75 Å². The van der Waals surface area contributed by atoms with E-state index in [0.29, 0.717) is 40.9 Å². The monoisotopic (exact) mass is 405 g/mol. The Balaban J connectivity index is 1.40. The van der Waals surface area contributed by atoms with Crippen molar-refractivity contribution < 1.29 is 9.53 Å². The van der Waals surface area contributed by atoms with Crippen molar-refractivity contribution in [2.24, 2.45) is 0 Å². The van der Waals surface area contributed by atoms with Crippen molar-refractivity contribution in [3.05, 3.63) is 64.9 Å². The van der Waals surface area contributed by atoms with Gasteiger partial charge in [0.05, 0.1) is 29.7 Å². The highest BCUT2D eigenvalue weighted by Gasteiger charge is 2.05. The normalized spacial score (nSPS) is 10.4. The molecule has 0 aliphatic heterocycles. The summed E-state index contributed by atoms with van der Waals surface area (Å²) in [5.74, 6) is 0.464. The Morgan fingerprint density at radius 3 is 2.44 bits per heavy atom. The van der Waals surface area contributed by atoms with Crippen LogP contribution < -0.4 is 15.5 Å². The zero-order valence-electron chi connectivity index (χ0n) is 14.2. The van der Waals surface area contributed by atoms with E-state index < -0.39 is 0 Å². The van der Waals surface area contributed by atoms with Crippen LogP contribution in [-0.4, -0.2) is 27.6 Å². The molecule has 0 saturated carbocycles. The molecule has 0 unspecified atom stereocenters. The lowest BCUT2D eigenvalue weighted by molar-refractivity contribution is -0.116. The molecule has 0 aliphatic rings. The molecule has 2 N–H and O–H groups in total. The molecule has 1 heterocycles. The molecule has 1 amide bonds. The van der Waals surface area contributed by atoms with Crippen molar-refractivity contribution >= 4 is 40.5 Å². The molecular weight excluding hydrogens is 389 g/mol. The van der Waals surface area contributed by atoms with Gasteiger partial charge in [-0.1, -0.05) is 28.1 Å². The van der Waals surface area contributed by atoms with E-state index in [0.717, 1.165) is 5.69 Å². The first-order valence-corrected chi connectivity index (χ1v) is 8.97. The summed E-state index contributed by atoms with van der Waals surface area (Å²) in [7, 11) is 0. The maximum atomic E-state index is 12.0. The minimum atomic E-state index is -0.0877. The molecule has 0 radical (unpaired) electrons. The lowest BCUT2D eigenvalue weighted by atomic mass is 10.2. The summed E-state index contributed by atoms with van der Waals surface area (Å²) < 4.78 is 5.57. The highest BCUT2D eigenvalue weighted by molar-refractivity contribution is 6.35. The Morgan fingerprint density at radius 1 is 1.04 bits per heavy atom. The van der Waals surface area contributed by atoms with Crippen molar-refractivity contribution in [1.82, 2.24) is 15.1 Å². The number of nitrogens with one attached hydrogen (secondary N) is 2. The first-order valence-electron chi connectivity index (χ1n) is 8.21. The van der Waals surface area contributed by atoms with Gasteiger partial charge in [0.15, 0.2) is 0 Å². The van der Waals surface area contributed by atoms with Gasteiger partial charge in [0.2, 0.25) is 5.91 Å². The standard InChI is InChI=1S/C18H17Cl2N5O2/c19-13-3-8-17(16(20)12-13)27-11-1-2-18(26)23-14-4-6-15(7-5-14)24-25-21-9-10-22-25/h3-10,12,24H,1-2,11H2,(H,23,26). The number of nitrogens with zero attached hydrogens (tertiary/aromatic N) is 3. The fraction of sp³-hybridized carbons (Fsp3) is 0.167. The van der Waals surface area contributed by atoms with Crippen LogP contribution in [0.15, 0.2) is 54.9 Å². The average Bonchev–Trinajstić information content (AvgIpc) is 3.15. The minimum absolute atomic E-state index is 0.0877. The Bertz CT molecular complexity index is 885. The second-order valence-electron chi connectivity index (χ2n) is 5.58. The van der Waals surface area contributed by atoms with E-state index in [2.05, 4.69) is 20.9 Å². The smallest absolute Gasteiger partial charge is 0.224 e. The van der Waals surface area contributed by atoms with E-state index in [-0.39, 0.29) is 5.91 Å². The summed E-state index contributed by atoms with van der Waals surface area (Å²) in [5.41, 5.74) is 4.49. The third-order valence-corrected chi connectivity index (χ3v) is 4.05. The second-order valence-corrected chi connectivity index (χ2v) is 6.43. The molecule has 0 bridgehead atoms. The van der Waals surface area contributed by atoms with Crippen LogP contribution >= 0.6 is 23.2 Å². The number of amides is 1. The van der Waals surface area contributed by atoms with Crippen molar-refractivity contribution in [3.8, 4) is 5.75 Å². The molecule has 3 rings (SSSR count). The number of carbonyl (C=O) groups excluding carboxylic acids is 1. The zero-order chi connectivity index (χ0) is 19.1. The average molecular weight is 406 g/mol. The third-order valence-electron chi connectivity index (χ3n) is 3.52. The Labute approximate surface area is 166 Å². The highest BCUT2D eigenvalue weighted by atomic mass is 35.5. The number of anilines is 2. The number of rotatable bonds is 8. The zero-order valence-corrected chi connectivity index (χ0v) is 15.7. The van der Waals surface area contributed by atoms with Gasteiger partial charge in [0.25, 0.3) is 0 Å². The molecule has 0 saturated heterocycles. The van der Waals surface area contributed by atoms with E-state index in [1.807, 2.05) is 12.1 Å². The van der Waals surface area contributed by atoms with Crippen molar-refractivity contribution in [1.29, 1.82) is 0 Å². The van der Waals surface area contributed by atoms with Gasteiger partial charge in [-0.2, -0.15) is 0 Å². The fourth-order valence-corrected chi connectivity index (χ4v) is 2.71. The van der Waals surface area contributed by atoms with Crippen LogP contribution in [0.1, 0.15) is 12.8 Å². The molecule has 140 valence electrons. The largest absolute Gasteiger partial charge is 0.492 e. The van der Waals surface area contributed by atoms with Gasteiger partial charge in [-0.15, -0.1) is 10.2 Å². The van der Waals surface area contributed by atoms with Gasteiger partial charge in [-0.3, -0.25) is 10.2 Å². The molecular formula is C18H17Cl2N5O2. The molecule has 0 fully saturated rings. The number of halogens is 2. The summed E-state index contributed by atoms with van der Waals surface area (Å²) in [6, 6.07) is 12.3. The summed E-state index contributed by atoms with van der Waals surface area (Å²) in [4.78, 5) is 13.4. The predicted molar refractivity (Wildman–Crippen MR) is 105 cm³/mol. The van der Waals surface area contributed by atoms with Gasteiger partial charge in [0, 0.05) is 17.1 Å². The van der Waals surface area contributed by atoms with Gasteiger partial charge in [-0.25, -0.2) is 0 Å². The molecule has 27 heavy (non-hydrogen) atoms. The summed E-state index contributed by atoms with van der Waals surface area (Å²) in [6.45, 7) is 0.383. The van der Waals surface area contributed by atoms with Crippen LogP contribution in [0.25, 0.3) is 0 Å². The predicted octanol–water partition coefficient (Wildman–Crippen LogP) is 4.26. The van der Waals surface area contributed by atoms with Gasteiger partial charge < -0.3 is 10.1 Å². The van der Waals surface area contributed by atoms with E-state index in [1.165, 1.54) is 4.91 Å². The van der Waals surface area contributed by atoms with Crippen molar-refractivity contribution in [3.63, 3.8) is 0 Å². The molecule has 2 aromatic carbocycles. The number of carbonyl (C=O) groups is 1. The van der Waals surface area contributed by atoms with Crippen molar-refractivity contribution in [2.45, 2.75) is 12.8 Å². The molecule has 0 spiro atoms. The number of hydrogen-bond donors (Lipinski definition) is 2. The van der Waals surface area contributed by atoms with Crippen LogP contribution in [0, 0.1) is 0 Å². The SMILES string of the molecule is O=C(CCCOc1ccc(Cl)cc1Cl)Nc1ccc(Nn2nccn2)cc1. The molecule has 3 aromatic rings. The van der Waals surface area contributed by atoms with Crippen LogP contribution in [0.4, 0.5) is 11.4 Å². The maximum Gasteiger partial charge on any atom is 0.224 e. The number of hydrogen-bond acceptors (Lipinski definition) is 5. The van der Waals surface area contributed by atoms with E-state index >= 15 is 0 Å². The third kappa shape index (κ3) is 5.87. The molecule has 0 aliphatic carbocycles. The van der Waals surface area contributed by atoms with Crippen LogP contribution in [0.3, 0.4) is 0 Å². The second kappa shape index (κ2) is 9.25. The first-order chi connectivity index (χ1) is 13.1. The van der Waals surface area contributed by atoms with Gasteiger partial charge >= 0.3 is 0 Å². The Kier molecular flexibility index (Phi) is 6.51. The summed E-state index contributed by atoms with van der Waals surface area (Å²) in [5, 5.41) is 11.7. The molecule has 1 aromatic heterocycles. The van der Waals surface area contributed by atoms with Gasteiger partial charge in [-0.05, 0) is 48.9 Å².